The molecule has 2 rings (SSSR count). The third-order valence-corrected chi connectivity index (χ3v) is 3.42. The van der Waals surface area contributed by atoms with Crippen LogP contribution < -0.4 is 0 Å². The highest BCUT2D eigenvalue weighted by atomic mass is 35.5. The van der Waals surface area contributed by atoms with Gasteiger partial charge < -0.3 is 0 Å². The first-order valence-electron chi connectivity index (χ1n) is 6.13. The van der Waals surface area contributed by atoms with Crippen LogP contribution >= 0.6 is 11.6 Å². The van der Waals surface area contributed by atoms with Gasteiger partial charge in [-0.3, -0.25) is 9.80 Å². The third kappa shape index (κ3) is 3.64. The Bertz CT molecular complexity index is 393. The van der Waals surface area contributed by atoms with Crippen molar-refractivity contribution in [2.45, 2.75) is 6.54 Å². The summed E-state index contributed by atoms with van der Waals surface area (Å²) in [5.74, 6) is -0.901. The number of piperazine rings is 1. The molecule has 18 heavy (non-hydrogen) atoms. The molecule has 0 radical (unpaired) electrons. The maximum Gasteiger partial charge on any atom is 0.159 e. The van der Waals surface area contributed by atoms with Gasteiger partial charge in [-0.25, -0.2) is 8.78 Å². The van der Waals surface area contributed by atoms with Crippen LogP contribution in [-0.4, -0.2) is 48.4 Å². The van der Waals surface area contributed by atoms with E-state index in [-0.39, 0.29) is 0 Å². The number of nitrogens with zero attached hydrogens (tertiary/aromatic N) is 2. The van der Waals surface area contributed by atoms with Gasteiger partial charge in [0.05, 0.1) is 0 Å². The van der Waals surface area contributed by atoms with E-state index in [1.165, 1.54) is 12.1 Å². The molecule has 0 atom stereocenters. The highest BCUT2D eigenvalue weighted by molar-refractivity contribution is 6.18. The molecular weight excluding hydrogens is 258 g/mol. The van der Waals surface area contributed by atoms with Gasteiger partial charge in [-0.1, -0.05) is 6.07 Å². The molecule has 1 aromatic rings. The molecule has 1 saturated heterocycles. The molecule has 1 aliphatic heterocycles. The Morgan fingerprint density at radius 1 is 1.00 bits per heavy atom. The molecule has 0 spiro atoms. The van der Waals surface area contributed by atoms with E-state index in [1.807, 2.05) is 0 Å². The average molecular weight is 275 g/mol. The molecule has 1 heterocycles. The van der Waals surface area contributed by atoms with Crippen molar-refractivity contribution in [3.05, 3.63) is 35.4 Å². The Labute approximate surface area is 111 Å². The Kier molecular flexibility index (Phi) is 4.92. The maximum absolute atomic E-state index is 13.1. The molecule has 1 aromatic carbocycles. The van der Waals surface area contributed by atoms with Crippen LogP contribution in [0.25, 0.3) is 0 Å². The molecule has 1 fully saturated rings. The van der Waals surface area contributed by atoms with Crippen molar-refractivity contribution in [3.8, 4) is 0 Å². The summed E-state index contributed by atoms with van der Waals surface area (Å²) in [6, 6.07) is 4.11. The highest BCUT2D eigenvalue weighted by Gasteiger charge is 2.16. The van der Waals surface area contributed by atoms with Crippen molar-refractivity contribution in [1.29, 1.82) is 0 Å². The normalized spacial score (nSPS) is 18.2. The summed E-state index contributed by atoms with van der Waals surface area (Å²) >= 11 is 5.70. The Balaban J connectivity index is 1.85. The second-order valence-electron chi connectivity index (χ2n) is 4.56. The van der Waals surface area contributed by atoms with E-state index in [2.05, 4.69) is 9.80 Å². The fraction of sp³-hybridized carbons (Fsp3) is 0.538. The third-order valence-electron chi connectivity index (χ3n) is 3.26. The first kappa shape index (κ1) is 13.7. The van der Waals surface area contributed by atoms with Gasteiger partial charge in [0, 0.05) is 45.1 Å². The second-order valence-corrected chi connectivity index (χ2v) is 4.93. The van der Waals surface area contributed by atoms with Crippen LogP contribution in [-0.2, 0) is 6.54 Å². The van der Waals surface area contributed by atoms with Crippen molar-refractivity contribution in [1.82, 2.24) is 9.80 Å². The molecule has 0 amide bonds. The van der Waals surface area contributed by atoms with Gasteiger partial charge in [-0.05, 0) is 17.7 Å². The number of rotatable bonds is 4. The summed E-state index contributed by atoms with van der Waals surface area (Å²) in [6.07, 6.45) is 0. The molecule has 0 N–H and O–H groups in total. The van der Waals surface area contributed by atoms with Crippen LogP contribution in [0.2, 0.25) is 0 Å². The number of halogens is 3. The zero-order valence-corrected chi connectivity index (χ0v) is 11.0. The lowest BCUT2D eigenvalue weighted by molar-refractivity contribution is 0.132. The Morgan fingerprint density at radius 2 is 1.67 bits per heavy atom. The summed E-state index contributed by atoms with van der Waals surface area (Å²) < 4.78 is 25.9. The summed E-state index contributed by atoms with van der Waals surface area (Å²) in [6.45, 7) is 5.44. The summed E-state index contributed by atoms with van der Waals surface area (Å²) in [7, 11) is 0. The quantitative estimate of drug-likeness (QED) is 0.778. The van der Waals surface area contributed by atoms with Crippen LogP contribution in [0.4, 0.5) is 8.78 Å². The molecule has 0 bridgehead atoms. The number of hydrogen-bond acceptors (Lipinski definition) is 2. The fourth-order valence-corrected chi connectivity index (χ4v) is 2.43. The van der Waals surface area contributed by atoms with Gasteiger partial charge in [-0.2, -0.15) is 0 Å². The minimum absolute atomic E-state index is 0.656. The van der Waals surface area contributed by atoms with Crippen LogP contribution in [0.1, 0.15) is 5.56 Å². The van der Waals surface area contributed by atoms with Gasteiger partial charge in [0.1, 0.15) is 0 Å². The summed E-state index contributed by atoms with van der Waals surface area (Å²) in [5.41, 5.74) is 0.819. The maximum atomic E-state index is 13.1. The van der Waals surface area contributed by atoms with Crippen molar-refractivity contribution >= 4 is 11.6 Å². The predicted molar refractivity (Wildman–Crippen MR) is 68.8 cm³/mol. The summed E-state index contributed by atoms with van der Waals surface area (Å²) in [4.78, 5) is 4.56. The van der Waals surface area contributed by atoms with Crippen molar-refractivity contribution in [2.75, 3.05) is 38.6 Å². The van der Waals surface area contributed by atoms with E-state index < -0.39 is 11.6 Å². The zero-order chi connectivity index (χ0) is 13.0. The lowest BCUT2D eigenvalue weighted by Gasteiger charge is -2.34. The molecule has 1 aliphatic rings. The second kappa shape index (κ2) is 6.45. The van der Waals surface area contributed by atoms with Gasteiger partial charge in [0.15, 0.2) is 11.6 Å². The first-order valence-corrected chi connectivity index (χ1v) is 6.67. The topological polar surface area (TPSA) is 6.48 Å². The molecule has 100 valence electrons. The van der Waals surface area contributed by atoms with E-state index in [1.54, 1.807) is 6.07 Å². The molecule has 5 heteroatoms. The summed E-state index contributed by atoms with van der Waals surface area (Å²) in [5, 5.41) is 0. The monoisotopic (exact) mass is 274 g/mol. The van der Waals surface area contributed by atoms with E-state index >= 15 is 0 Å². The van der Waals surface area contributed by atoms with Gasteiger partial charge in [0.2, 0.25) is 0 Å². The zero-order valence-electron chi connectivity index (χ0n) is 10.2. The molecule has 0 aromatic heterocycles. The number of hydrogen-bond donors (Lipinski definition) is 0. The SMILES string of the molecule is Fc1ccc(CN2CCN(CCCl)CC2)cc1F. The largest absolute Gasteiger partial charge is 0.300 e. The van der Waals surface area contributed by atoms with Gasteiger partial charge in [-0.15, -0.1) is 11.6 Å². The number of benzene rings is 1. The van der Waals surface area contributed by atoms with E-state index in [0.29, 0.717) is 12.4 Å². The van der Waals surface area contributed by atoms with Crippen molar-refractivity contribution < 1.29 is 8.78 Å². The van der Waals surface area contributed by atoms with Crippen LogP contribution in [0.5, 0.6) is 0 Å². The average Bonchev–Trinajstić information content (AvgIpc) is 2.37. The van der Waals surface area contributed by atoms with Crippen LogP contribution in [0.3, 0.4) is 0 Å². The molecule has 0 aliphatic carbocycles. The lowest BCUT2D eigenvalue weighted by Crippen LogP contribution is -2.46. The van der Waals surface area contributed by atoms with Crippen LogP contribution in [0, 0.1) is 11.6 Å². The Morgan fingerprint density at radius 3 is 2.28 bits per heavy atom. The first-order chi connectivity index (χ1) is 8.69. The number of alkyl halides is 1. The van der Waals surface area contributed by atoms with E-state index in [4.69, 9.17) is 11.6 Å². The Hall–Kier alpha value is -0.710. The molecule has 2 nitrogen and oxygen atoms in total. The fourth-order valence-electron chi connectivity index (χ4n) is 2.19. The van der Waals surface area contributed by atoms with Gasteiger partial charge >= 0.3 is 0 Å². The minimum atomic E-state index is -0.786. The standard InChI is InChI=1S/C13H17ClF2N2/c14-3-4-17-5-7-18(8-6-17)10-11-1-2-12(15)13(16)9-11/h1-2,9H,3-8,10H2. The lowest BCUT2D eigenvalue weighted by atomic mass is 10.2. The van der Waals surface area contributed by atoms with Crippen molar-refractivity contribution in [3.63, 3.8) is 0 Å². The van der Waals surface area contributed by atoms with Crippen molar-refractivity contribution in [2.24, 2.45) is 0 Å². The minimum Gasteiger partial charge on any atom is -0.300 e. The molecular formula is C13H17ClF2N2. The molecule has 0 unspecified atom stereocenters. The van der Waals surface area contributed by atoms with Crippen LogP contribution in [0.15, 0.2) is 18.2 Å². The van der Waals surface area contributed by atoms with E-state index in [9.17, 15) is 8.78 Å². The van der Waals surface area contributed by atoms with E-state index in [0.717, 1.165) is 38.3 Å². The molecule has 0 saturated carbocycles. The van der Waals surface area contributed by atoms with Gasteiger partial charge in [0.25, 0.3) is 0 Å². The highest BCUT2D eigenvalue weighted by Crippen LogP contribution is 2.12. The smallest absolute Gasteiger partial charge is 0.159 e. The predicted octanol–water partition coefficient (Wildman–Crippen LogP) is 2.32.